The van der Waals surface area contributed by atoms with Crippen LogP contribution in [0.2, 0.25) is 0 Å². The lowest BCUT2D eigenvalue weighted by atomic mass is 10.0. The third-order valence-corrected chi connectivity index (χ3v) is 8.02. The fourth-order valence-electron chi connectivity index (χ4n) is 5.26. The normalized spacial score (nSPS) is 11.2. The average molecular weight is 653 g/mol. The van der Waals surface area contributed by atoms with Gasteiger partial charge < -0.3 is 19.3 Å². The first-order chi connectivity index (χ1) is 23.8. The van der Waals surface area contributed by atoms with Crippen molar-refractivity contribution in [2.75, 3.05) is 36.0 Å². The number of rotatable bonds is 14. The Hall–Kier alpha value is -6.12. The van der Waals surface area contributed by atoms with Gasteiger partial charge in [0.25, 0.3) is 0 Å². The van der Waals surface area contributed by atoms with Crippen LogP contribution in [0, 0.1) is 22.7 Å². The molecule has 0 unspecified atom stereocenters. The van der Waals surface area contributed by atoms with Gasteiger partial charge in [-0.15, -0.1) is 0 Å². The summed E-state index contributed by atoms with van der Waals surface area (Å²) in [5.41, 5.74) is 5.37. The standard InChI is InChI=1S/C41H40N4O4/c1-5-44(6-2)36-17-9-32(10-18-36)26-34(28-42)40(46)48-38-21-13-30(14-22-38)25-31-15-23-39(24-16-31)49-41(47)35(29-43)27-33-11-19-37(20-12-33)45(7-3)8-4/h9-24,26-27H,5-8,25H2,1-4H3. The number of anilines is 2. The van der Waals surface area contributed by atoms with Gasteiger partial charge in [-0.25, -0.2) is 9.59 Å². The zero-order chi connectivity index (χ0) is 35.2. The monoisotopic (exact) mass is 652 g/mol. The van der Waals surface area contributed by atoms with Gasteiger partial charge in [-0.3, -0.25) is 0 Å². The minimum absolute atomic E-state index is 0.0950. The molecule has 0 saturated carbocycles. The highest BCUT2D eigenvalue weighted by Gasteiger charge is 2.14. The van der Waals surface area contributed by atoms with Crippen molar-refractivity contribution in [2.24, 2.45) is 0 Å². The van der Waals surface area contributed by atoms with E-state index in [0.717, 1.165) is 59.8 Å². The molecule has 49 heavy (non-hydrogen) atoms. The first-order valence-corrected chi connectivity index (χ1v) is 16.4. The summed E-state index contributed by atoms with van der Waals surface area (Å²) in [5, 5.41) is 19.2. The molecule has 0 aromatic heterocycles. The fourth-order valence-corrected chi connectivity index (χ4v) is 5.26. The maximum Gasteiger partial charge on any atom is 0.354 e. The molecule has 248 valence electrons. The second-order valence-electron chi connectivity index (χ2n) is 11.1. The van der Waals surface area contributed by atoms with Gasteiger partial charge in [0.2, 0.25) is 0 Å². The molecular weight excluding hydrogens is 612 g/mol. The Bertz CT molecular complexity index is 1720. The van der Waals surface area contributed by atoms with E-state index in [-0.39, 0.29) is 11.1 Å². The van der Waals surface area contributed by atoms with Crippen molar-refractivity contribution in [2.45, 2.75) is 34.1 Å². The van der Waals surface area contributed by atoms with Crippen molar-refractivity contribution in [1.29, 1.82) is 10.5 Å². The molecule has 4 aromatic rings. The smallest absolute Gasteiger partial charge is 0.354 e. The molecule has 8 nitrogen and oxygen atoms in total. The van der Waals surface area contributed by atoms with Gasteiger partial charge in [0.15, 0.2) is 0 Å². The largest absolute Gasteiger partial charge is 0.422 e. The maximum absolute atomic E-state index is 12.7. The van der Waals surface area contributed by atoms with Gasteiger partial charge in [-0.05, 0) is 117 Å². The molecule has 4 rings (SSSR count). The fraction of sp³-hybridized carbons (Fsp3) is 0.220. The minimum Gasteiger partial charge on any atom is -0.422 e. The first-order valence-electron chi connectivity index (χ1n) is 16.4. The quantitative estimate of drug-likeness (QED) is 0.0584. The summed E-state index contributed by atoms with van der Waals surface area (Å²) in [7, 11) is 0. The number of hydrogen-bond donors (Lipinski definition) is 0. The minimum atomic E-state index is -0.726. The molecule has 0 bridgehead atoms. The number of ether oxygens (including phenoxy) is 2. The molecule has 0 saturated heterocycles. The number of carbonyl (C=O) groups is 2. The van der Waals surface area contributed by atoms with Crippen molar-refractivity contribution in [1.82, 2.24) is 0 Å². The molecule has 0 aliphatic rings. The maximum atomic E-state index is 12.7. The van der Waals surface area contributed by atoms with Crippen LogP contribution in [-0.2, 0) is 16.0 Å². The molecule has 0 spiro atoms. The molecule has 8 heteroatoms. The lowest BCUT2D eigenvalue weighted by Gasteiger charge is -2.20. The molecule has 0 amide bonds. The summed E-state index contributed by atoms with van der Waals surface area (Å²) >= 11 is 0. The van der Waals surface area contributed by atoms with Crippen LogP contribution in [0.5, 0.6) is 11.5 Å². The number of carbonyl (C=O) groups excluding carboxylic acids is 2. The summed E-state index contributed by atoms with van der Waals surface area (Å²) in [6, 6.07) is 33.4. The number of hydrogen-bond acceptors (Lipinski definition) is 8. The Kier molecular flexibility index (Phi) is 12.9. The van der Waals surface area contributed by atoms with E-state index in [0.29, 0.717) is 17.9 Å². The molecule has 0 heterocycles. The first kappa shape index (κ1) is 35.7. The van der Waals surface area contributed by atoms with Crippen LogP contribution in [0.15, 0.2) is 108 Å². The predicted octanol–water partition coefficient (Wildman–Crippen LogP) is 7.99. The van der Waals surface area contributed by atoms with Crippen LogP contribution in [0.25, 0.3) is 12.2 Å². The van der Waals surface area contributed by atoms with Crippen LogP contribution >= 0.6 is 0 Å². The number of nitriles is 2. The van der Waals surface area contributed by atoms with Crippen molar-refractivity contribution in [3.8, 4) is 23.6 Å². The van der Waals surface area contributed by atoms with Crippen molar-refractivity contribution < 1.29 is 19.1 Å². The summed E-state index contributed by atoms with van der Waals surface area (Å²) in [6.07, 6.45) is 3.63. The Labute approximate surface area is 288 Å². The third-order valence-electron chi connectivity index (χ3n) is 8.02. The van der Waals surface area contributed by atoms with E-state index in [9.17, 15) is 20.1 Å². The van der Waals surface area contributed by atoms with Gasteiger partial charge in [0.1, 0.15) is 34.8 Å². The number of esters is 2. The molecule has 0 aliphatic heterocycles. The molecule has 0 N–H and O–H groups in total. The second kappa shape index (κ2) is 17.7. The van der Waals surface area contributed by atoms with Gasteiger partial charge in [0, 0.05) is 37.6 Å². The van der Waals surface area contributed by atoms with Crippen LogP contribution < -0.4 is 19.3 Å². The Morgan fingerprint density at radius 1 is 0.551 bits per heavy atom. The Balaban J connectivity index is 1.32. The van der Waals surface area contributed by atoms with Crippen molar-refractivity contribution >= 4 is 35.5 Å². The Morgan fingerprint density at radius 3 is 1.16 bits per heavy atom. The van der Waals surface area contributed by atoms with Gasteiger partial charge in [-0.1, -0.05) is 48.5 Å². The third kappa shape index (κ3) is 9.93. The topological polar surface area (TPSA) is 107 Å². The van der Waals surface area contributed by atoms with Gasteiger partial charge in [0.05, 0.1) is 0 Å². The summed E-state index contributed by atoms with van der Waals surface area (Å²) in [4.78, 5) is 29.9. The van der Waals surface area contributed by atoms with E-state index in [1.54, 1.807) is 24.3 Å². The number of nitrogens with zero attached hydrogens (tertiary/aromatic N) is 4. The van der Waals surface area contributed by atoms with E-state index >= 15 is 0 Å². The van der Waals surface area contributed by atoms with E-state index in [4.69, 9.17) is 9.47 Å². The highest BCUT2D eigenvalue weighted by atomic mass is 16.5. The summed E-state index contributed by atoms with van der Waals surface area (Å²) in [6.45, 7) is 11.9. The highest BCUT2D eigenvalue weighted by Crippen LogP contribution is 2.22. The lowest BCUT2D eigenvalue weighted by molar-refractivity contribution is -0.130. The second-order valence-corrected chi connectivity index (χ2v) is 11.1. The van der Waals surface area contributed by atoms with E-state index < -0.39 is 11.9 Å². The van der Waals surface area contributed by atoms with Crippen LogP contribution in [0.3, 0.4) is 0 Å². The van der Waals surface area contributed by atoms with Gasteiger partial charge in [-0.2, -0.15) is 10.5 Å². The van der Waals surface area contributed by atoms with Crippen LogP contribution in [0.1, 0.15) is 49.9 Å². The molecule has 0 radical (unpaired) electrons. The van der Waals surface area contributed by atoms with E-state index in [1.165, 1.54) is 12.2 Å². The molecule has 4 aromatic carbocycles. The van der Waals surface area contributed by atoms with E-state index in [2.05, 4.69) is 37.5 Å². The SMILES string of the molecule is CCN(CC)c1ccc(C=C(C#N)C(=O)Oc2ccc(Cc3ccc(OC(=O)C(C#N)=Cc4ccc(N(CC)CC)cc4)cc3)cc2)cc1. The van der Waals surface area contributed by atoms with Crippen LogP contribution in [0.4, 0.5) is 11.4 Å². The van der Waals surface area contributed by atoms with Crippen molar-refractivity contribution in [3.63, 3.8) is 0 Å². The molecule has 0 atom stereocenters. The zero-order valence-electron chi connectivity index (χ0n) is 28.3. The number of benzene rings is 4. The van der Waals surface area contributed by atoms with Gasteiger partial charge >= 0.3 is 11.9 Å². The Morgan fingerprint density at radius 2 is 0.878 bits per heavy atom. The molecule has 0 aliphatic carbocycles. The van der Waals surface area contributed by atoms with Crippen molar-refractivity contribution in [3.05, 3.63) is 130 Å². The molecular formula is C41H40N4O4. The van der Waals surface area contributed by atoms with E-state index in [1.807, 2.05) is 84.9 Å². The predicted molar refractivity (Wildman–Crippen MR) is 194 cm³/mol. The average Bonchev–Trinajstić information content (AvgIpc) is 3.13. The summed E-state index contributed by atoms with van der Waals surface area (Å²) < 4.78 is 10.9. The lowest BCUT2D eigenvalue weighted by Crippen LogP contribution is -2.21. The van der Waals surface area contributed by atoms with Crippen LogP contribution in [-0.4, -0.2) is 38.1 Å². The molecule has 0 fully saturated rings. The zero-order valence-corrected chi connectivity index (χ0v) is 28.3. The highest BCUT2D eigenvalue weighted by molar-refractivity contribution is 5.99. The summed E-state index contributed by atoms with van der Waals surface area (Å²) in [5.74, 6) is -0.794.